The Balaban J connectivity index is 2.06. The van der Waals surface area contributed by atoms with Gasteiger partial charge in [0, 0.05) is 24.0 Å². The highest BCUT2D eigenvalue weighted by atomic mass is 16.3. The van der Waals surface area contributed by atoms with Gasteiger partial charge in [-0.2, -0.15) is 0 Å². The van der Waals surface area contributed by atoms with Crippen molar-refractivity contribution in [3.63, 3.8) is 0 Å². The molecule has 0 aliphatic rings. The van der Waals surface area contributed by atoms with Crippen molar-refractivity contribution in [3.05, 3.63) is 53.9 Å². The van der Waals surface area contributed by atoms with Crippen LogP contribution in [0.5, 0.6) is 5.75 Å². The van der Waals surface area contributed by atoms with Crippen molar-refractivity contribution in [2.45, 2.75) is 6.92 Å². The molecule has 2 aromatic rings. The highest BCUT2D eigenvalue weighted by Crippen LogP contribution is 2.13. The van der Waals surface area contributed by atoms with Crippen molar-refractivity contribution in [1.82, 2.24) is 10.3 Å². The van der Waals surface area contributed by atoms with Crippen LogP contribution >= 0.6 is 0 Å². The van der Waals surface area contributed by atoms with E-state index >= 15 is 0 Å². The van der Waals surface area contributed by atoms with E-state index in [0.29, 0.717) is 17.8 Å². The Labute approximate surface area is 121 Å². The molecule has 2 amide bonds. The first-order chi connectivity index (χ1) is 10.1. The summed E-state index contributed by atoms with van der Waals surface area (Å²) >= 11 is 0. The predicted octanol–water partition coefficient (Wildman–Crippen LogP) is 1.79. The Bertz CT molecular complexity index is 653. The molecule has 0 unspecified atom stereocenters. The molecular formula is C15H15N3O3. The Hall–Kier alpha value is -2.89. The van der Waals surface area contributed by atoms with Gasteiger partial charge >= 0.3 is 0 Å². The molecule has 0 fully saturated rings. The maximum atomic E-state index is 11.9. The van der Waals surface area contributed by atoms with Gasteiger partial charge in [0.1, 0.15) is 5.75 Å². The lowest BCUT2D eigenvalue weighted by molar-refractivity contribution is 0.0955. The third kappa shape index (κ3) is 3.79. The van der Waals surface area contributed by atoms with E-state index < -0.39 is 0 Å². The summed E-state index contributed by atoms with van der Waals surface area (Å²) in [4.78, 5) is 27.3. The zero-order chi connectivity index (χ0) is 15.2. The zero-order valence-electron chi connectivity index (χ0n) is 11.5. The number of rotatable bonds is 4. The number of amides is 2. The van der Waals surface area contributed by atoms with Crippen molar-refractivity contribution in [1.29, 1.82) is 0 Å². The van der Waals surface area contributed by atoms with E-state index in [0.717, 1.165) is 0 Å². The predicted molar refractivity (Wildman–Crippen MR) is 78.3 cm³/mol. The average molecular weight is 285 g/mol. The number of pyridine rings is 1. The van der Waals surface area contributed by atoms with E-state index in [4.69, 9.17) is 0 Å². The van der Waals surface area contributed by atoms with Crippen molar-refractivity contribution < 1.29 is 14.7 Å². The van der Waals surface area contributed by atoms with Crippen LogP contribution in [0.25, 0.3) is 0 Å². The van der Waals surface area contributed by atoms with E-state index in [9.17, 15) is 14.7 Å². The van der Waals surface area contributed by atoms with E-state index in [1.807, 2.05) is 6.92 Å². The van der Waals surface area contributed by atoms with E-state index in [1.165, 1.54) is 18.5 Å². The number of benzene rings is 1. The van der Waals surface area contributed by atoms with Gasteiger partial charge in [0.15, 0.2) is 0 Å². The fourth-order valence-electron chi connectivity index (χ4n) is 1.72. The van der Waals surface area contributed by atoms with Crippen LogP contribution in [0, 0.1) is 0 Å². The molecule has 2 rings (SSSR count). The molecule has 0 radical (unpaired) electrons. The molecule has 0 aliphatic carbocycles. The minimum Gasteiger partial charge on any atom is -0.506 e. The molecule has 0 saturated carbocycles. The minimum absolute atomic E-state index is 0.0748. The lowest BCUT2D eigenvalue weighted by Gasteiger charge is -2.07. The average Bonchev–Trinajstić information content (AvgIpc) is 2.48. The summed E-state index contributed by atoms with van der Waals surface area (Å²) in [5.41, 5.74) is 1.33. The number of nitrogens with zero attached hydrogens (tertiary/aromatic N) is 1. The Kier molecular flexibility index (Phi) is 4.50. The topological polar surface area (TPSA) is 91.3 Å². The summed E-state index contributed by atoms with van der Waals surface area (Å²) in [6.07, 6.45) is 2.61. The molecule has 0 spiro atoms. The lowest BCUT2D eigenvalue weighted by atomic mass is 10.2. The van der Waals surface area contributed by atoms with Gasteiger partial charge in [-0.15, -0.1) is 0 Å². The van der Waals surface area contributed by atoms with Crippen LogP contribution in [0.3, 0.4) is 0 Å². The van der Waals surface area contributed by atoms with Crippen LogP contribution in [0.4, 0.5) is 5.69 Å². The highest BCUT2D eigenvalue weighted by Gasteiger charge is 2.08. The van der Waals surface area contributed by atoms with Crippen molar-refractivity contribution in [2.24, 2.45) is 0 Å². The van der Waals surface area contributed by atoms with Gasteiger partial charge in [0.2, 0.25) is 0 Å². The summed E-state index contributed by atoms with van der Waals surface area (Å²) in [5.74, 6) is -0.619. The van der Waals surface area contributed by atoms with Crippen molar-refractivity contribution in [3.8, 4) is 5.75 Å². The molecule has 1 heterocycles. The van der Waals surface area contributed by atoms with Crippen molar-refractivity contribution in [2.75, 3.05) is 11.9 Å². The third-order valence-corrected chi connectivity index (χ3v) is 2.73. The summed E-state index contributed by atoms with van der Waals surface area (Å²) < 4.78 is 0. The van der Waals surface area contributed by atoms with E-state index in [2.05, 4.69) is 15.6 Å². The first kappa shape index (κ1) is 14.5. The molecule has 21 heavy (non-hydrogen) atoms. The summed E-state index contributed by atoms with van der Waals surface area (Å²) in [5, 5.41) is 14.6. The number of hydrogen-bond acceptors (Lipinski definition) is 4. The van der Waals surface area contributed by atoms with Gasteiger partial charge in [0.05, 0.1) is 11.8 Å². The Morgan fingerprint density at radius 3 is 2.43 bits per heavy atom. The van der Waals surface area contributed by atoms with Gasteiger partial charge < -0.3 is 15.7 Å². The van der Waals surface area contributed by atoms with Crippen LogP contribution < -0.4 is 10.6 Å². The first-order valence-corrected chi connectivity index (χ1v) is 6.43. The van der Waals surface area contributed by atoms with Crippen LogP contribution in [0.2, 0.25) is 0 Å². The largest absolute Gasteiger partial charge is 0.506 e. The summed E-state index contributed by atoms with van der Waals surface area (Å²) in [6.45, 7) is 2.40. The zero-order valence-corrected chi connectivity index (χ0v) is 11.5. The normalized spacial score (nSPS) is 9.95. The standard InChI is InChI=1S/C15H15N3O3/c1-2-17-14(20)10-3-5-12(6-4-10)18-15(21)11-7-13(19)9-16-8-11/h3-9,19H,2H2,1H3,(H,17,20)(H,18,21). The Morgan fingerprint density at radius 2 is 1.81 bits per heavy atom. The SMILES string of the molecule is CCNC(=O)c1ccc(NC(=O)c2cncc(O)c2)cc1. The molecule has 108 valence electrons. The molecule has 0 atom stereocenters. The van der Waals surface area contributed by atoms with Crippen LogP contribution in [-0.2, 0) is 0 Å². The third-order valence-electron chi connectivity index (χ3n) is 2.73. The second-order valence-corrected chi connectivity index (χ2v) is 4.32. The van der Waals surface area contributed by atoms with Crippen LogP contribution in [0.1, 0.15) is 27.6 Å². The monoisotopic (exact) mass is 285 g/mol. The smallest absolute Gasteiger partial charge is 0.257 e. The van der Waals surface area contributed by atoms with Gasteiger partial charge in [-0.3, -0.25) is 14.6 Å². The van der Waals surface area contributed by atoms with E-state index in [-0.39, 0.29) is 23.1 Å². The molecule has 0 bridgehead atoms. The molecule has 1 aromatic heterocycles. The molecule has 6 nitrogen and oxygen atoms in total. The second-order valence-electron chi connectivity index (χ2n) is 4.32. The molecule has 0 aliphatic heterocycles. The summed E-state index contributed by atoms with van der Waals surface area (Å²) in [6, 6.07) is 7.85. The van der Waals surface area contributed by atoms with Gasteiger partial charge in [-0.05, 0) is 37.3 Å². The number of carbonyl (C=O) groups is 2. The maximum Gasteiger partial charge on any atom is 0.257 e. The molecule has 0 saturated heterocycles. The van der Waals surface area contributed by atoms with E-state index in [1.54, 1.807) is 24.3 Å². The van der Waals surface area contributed by atoms with Crippen molar-refractivity contribution >= 4 is 17.5 Å². The molecule has 6 heteroatoms. The summed E-state index contributed by atoms with van der Waals surface area (Å²) in [7, 11) is 0. The van der Waals surface area contributed by atoms with Gasteiger partial charge in [-0.25, -0.2) is 0 Å². The van der Waals surface area contributed by atoms with Crippen LogP contribution in [-0.4, -0.2) is 28.4 Å². The fraction of sp³-hybridized carbons (Fsp3) is 0.133. The number of carbonyl (C=O) groups excluding carboxylic acids is 2. The van der Waals surface area contributed by atoms with Crippen LogP contribution in [0.15, 0.2) is 42.7 Å². The Morgan fingerprint density at radius 1 is 1.10 bits per heavy atom. The molecule has 1 aromatic carbocycles. The number of aromatic nitrogens is 1. The number of aromatic hydroxyl groups is 1. The fourth-order valence-corrected chi connectivity index (χ4v) is 1.72. The quantitative estimate of drug-likeness (QED) is 0.798. The molecular weight excluding hydrogens is 270 g/mol. The number of hydrogen-bond donors (Lipinski definition) is 3. The first-order valence-electron chi connectivity index (χ1n) is 6.43. The van der Waals surface area contributed by atoms with Gasteiger partial charge in [-0.1, -0.05) is 0 Å². The highest BCUT2D eigenvalue weighted by molar-refractivity contribution is 6.04. The number of nitrogens with one attached hydrogen (secondary N) is 2. The lowest BCUT2D eigenvalue weighted by Crippen LogP contribution is -2.22. The number of anilines is 1. The van der Waals surface area contributed by atoms with Gasteiger partial charge in [0.25, 0.3) is 11.8 Å². The minimum atomic E-state index is -0.385. The molecule has 3 N–H and O–H groups in total. The second kappa shape index (κ2) is 6.51. The maximum absolute atomic E-state index is 11.9.